The maximum absolute atomic E-state index is 5.88. The fourth-order valence-electron chi connectivity index (χ4n) is 1.24. The zero-order valence-corrected chi connectivity index (χ0v) is 9.78. The Morgan fingerprint density at radius 2 is 2.31 bits per heavy atom. The first-order valence-electron chi connectivity index (χ1n) is 5.08. The van der Waals surface area contributed by atoms with Gasteiger partial charge in [-0.25, -0.2) is 4.98 Å². The first-order chi connectivity index (χ1) is 7.79. The summed E-state index contributed by atoms with van der Waals surface area (Å²) in [5.41, 5.74) is 6.80. The van der Waals surface area contributed by atoms with Crippen molar-refractivity contribution in [1.29, 1.82) is 0 Å². The fourth-order valence-corrected chi connectivity index (χ4v) is 1.90. The molecule has 5 heteroatoms. The third-order valence-corrected chi connectivity index (χ3v) is 3.05. The summed E-state index contributed by atoms with van der Waals surface area (Å²) >= 11 is 1.44. The van der Waals surface area contributed by atoms with Crippen molar-refractivity contribution in [3.8, 4) is 0 Å². The van der Waals surface area contributed by atoms with E-state index in [-0.39, 0.29) is 6.04 Å². The van der Waals surface area contributed by atoms with Crippen LogP contribution in [0.4, 0.5) is 0 Å². The summed E-state index contributed by atoms with van der Waals surface area (Å²) < 4.78 is 5.14. The molecule has 0 aliphatic rings. The van der Waals surface area contributed by atoms with Crippen LogP contribution in [0.15, 0.2) is 45.3 Å². The van der Waals surface area contributed by atoms with Gasteiger partial charge in [-0.3, -0.25) is 4.98 Å². The zero-order valence-electron chi connectivity index (χ0n) is 8.96. The first kappa shape index (κ1) is 11.2. The number of aromatic nitrogens is 2. The smallest absolute Gasteiger partial charge is 0.260 e. The Morgan fingerprint density at radius 1 is 1.44 bits per heavy atom. The van der Waals surface area contributed by atoms with Crippen LogP contribution in [-0.2, 0) is 0 Å². The lowest BCUT2D eigenvalue weighted by atomic mass is 10.1. The van der Waals surface area contributed by atoms with Crippen LogP contribution in [0.1, 0.15) is 25.1 Å². The molecule has 2 rings (SSSR count). The number of nitrogens with two attached hydrogens (primary N) is 1. The topological polar surface area (TPSA) is 64.9 Å². The number of oxazole rings is 1. The molecule has 2 aromatic heterocycles. The van der Waals surface area contributed by atoms with Crippen molar-refractivity contribution in [2.24, 2.45) is 5.73 Å². The first-order valence-corrected chi connectivity index (χ1v) is 5.90. The number of nitrogens with zero attached hydrogens (tertiary/aromatic N) is 2. The second-order valence-corrected chi connectivity index (χ2v) is 4.36. The van der Waals surface area contributed by atoms with Gasteiger partial charge in [0.1, 0.15) is 6.26 Å². The lowest BCUT2D eigenvalue weighted by Gasteiger charge is -2.07. The summed E-state index contributed by atoms with van der Waals surface area (Å²) in [6.07, 6.45) is 5.85. The van der Waals surface area contributed by atoms with Crippen LogP contribution < -0.4 is 5.73 Å². The molecule has 4 nitrogen and oxygen atoms in total. The van der Waals surface area contributed by atoms with E-state index in [0.717, 1.165) is 17.0 Å². The van der Waals surface area contributed by atoms with E-state index >= 15 is 0 Å². The quantitative estimate of drug-likeness (QED) is 0.882. The Labute approximate surface area is 98.3 Å². The van der Waals surface area contributed by atoms with E-state index in [2.05, 4.69) is 9.97 Å². The third kappa shape index (κ3) is 2.62. The number of hydrogen-bond acceptors (Lipinski definition) is 5. The maximum Gasteiger partial charge on any atom is 0.260 e. The minimum absolute atomic E-state index is 0.0146. The molecule has 0 radical (unpaired) electrons. The Hall–Kier alpha value is -1.33. The lowest BCUT2D eigenvalue weighted by Crippen LogP contribution is -2.10. The van der Waals surface area contributed by atoms with E-state index in [9.17, 15) is 0 Å². The van der Waals surface area contributed by atoms with Gasteiger partial charge in [-0.15, -0.1) is 0 Å². The molecule has 1 atom stereocenters. The van der Waals surface area contributed by atoms with Gasteiger partial charge in [-0.1, -0.05) is 6.92 Å². The van der Waals surface area contributed by atoms with Gasteiger partial charge in [-0.2, -0.15) is 0 Å². The Morgan fingerprint density at radius 3 is 2.88 bits per heavy atom. The summed E-state index contributed by atoms with van der Waals surface area (Å²) in [6.45, 7) is 2.04. The molecule has 0 aliphatic carbocycles. The van der Waals surface area contributed by atoms with Crippen LogP contribution >= 0.6 is 11.8 Å². The van der Waals surface area contributed by atoms with Crippen LogP contribution in [0.3, 0.4) is 0 Å². The maximum atomic E-state index is 5.88. The SMILES string of the molecule is CC[C@H](N)c1ccc(Sc2ncco2)cn1. The Balaban J connectivity index is 2.07. The van der Waals surface area contributed by atoms with Gasteiger partial charge in [-0.05, 0) is 30.3 Å². The molecule has 2 N–H and O–H groups in total. The van der Waals surface area contributed by atoms with Crippen molar-refractivity contribution >= 4 is 11.8 Å². The molecule has 2 aromatic rings. The molecule has 0 aromatic carbocycles. The summed E-state index contributed by atoms with van der Waals surface area (Å²) in [5.74, 6) is 0. The largest absolute Gasteiger partial charge is 0.440 e. The molecule has 84 valence electrons. The molecule has 0 spiro atoms. The zero-order chi connectivity index (χ0) is 11.4. The number of rotatable bonds is 4. The van der Waals surface area contributed by atoms with Gasteiger partial charge in [0.15, 0.2) is 0 Å². The summed E-state index contributed by atoms with van der Waals surface area (Å²) in [7, 11) is 0. The Kier molecular flexibility index (Phi) is 3.58. The van der Waals surface area contributed by atoms with Crippen molar-refractivity contribution in [2.75, 3.05) is 0 Å². The molecule has 0 fully saturated rings. The van der Waals surface area contributed by atoms with Gasteiger partial charge in [0.05, 0.1) is 11.9 Å². The van der Waals surface area contributed by atoms with Crippen LogP contribution in [0.5, 0.6) is 0 Å². The van der Waals surface area contributed by atoms with E-state index < -0.39 is 0 Å². The second kappa shape index (κ2) is 5.14. The summed E-state index contributed by atoms with van der Waals surface area (Å²) in [5, 5.41) is 0.620. The monoisotopic (exact) mass is 235 g/mol. The minimum atomic E-state index is 0.0146. The number of hydrogen-bond donors (Lipinski definition) is 1. The molecule has 0 aliphatic heterocycles. The summed E-state index contributed by atoms with van der Waals surface area (Å²) in [4.78, 5) is 9.34. The van der Waals surface area contributed by atoms with Crippen molar-refractivity contribution in [3.63, 3.8) is 0 Å². The molecule has 0 unspecified atom stereocenters. The summed E-state index contributed by atoms with van der Waals surface area (Å²) in [6, 6.07) is 3.94. The van der Waals surface area contributed by atoms with E-state index in [1.54, 1.807) is 18.7 Å². The van der Waals surface area contributed by atoms with Gasteiger partial charge in [0.25, 0.3) is 5.22 Å². The van der Waals surface area contributed by atoms with Crippen molar-refractivity contribution in [1.82, 2.24) is 9.97 Å². The van der Waals surface area contributed by atoms with Crippen molar-refractivity contribution in [3.05, 3.63) is 36.5 Å². The van der Waals surface area contributed by atoms with E-state index in [4.69, 9.17) is 10.2 Å². The van der Waals surface area contributed by atoms with Crippen molar-refractivity contribution in [2.45, 2.75) is 29.5 Å². The third-order valence-electron chi connectivity index (χ3n) is 2.19. The fraction of sp³-hybridized carbons (Fsp3) is 0.273. The average molecular weight is 235 g/mol. The number of pyridine rings is 1. The van der Waals surface area contributed by atoms with Gasteiger partial charge in [0, 0.05) is 17.1 Å². The molecule has 0 amide bonds. The molecule has 0 saturated heterocycles. The highest BCUT2D eigenvalue weighted by molar-refractivity contribution is 7.99. The molecular formula is C11H13N3OS. The Bertz CT molecular complexity index is 427. The van der Waals surface area contributed by atoms with Crippen molar-refractivity contribution < 1.29 is 4.42 Å². The highest BCUT2D eigenvalue weighted by Crippen LogP contribution is 2.25. The van der Waals surface area contributed by atoms with E-state index in [1.807, 2.05) is 19.1 Å². The minimum Gasteiger partial charge on any atom is -0.440 e. The molecule has 2 heterocycles. The van der Waals surface area contributed by atoms with E-state index in [0.29, 0.717) is 5.22 Å². The van der Waals surface area contributed by atoms with Crippen LogP contribution in [0.25, 0.3) is 0 Å². The van der Waals surface area contributed by atoms with Crippen LogP contribution in [0, 0.1) is 0 Å². The van der Waals surface area contributed by atoms with Crippen LogP contribution in [-0.4, -0.2) is 9.97 Å². The van der Waals surface area contributed by atoms with Gasteiger partial charge in [0.2, 0.25) is 0 Å². The van der Waals surface area contributed by atoms with Gasteiger partial charge < -0.3 is 10.2 Å². The predicted octanol–water partition coefficient (Wildman–Crippen LogP) is 2.63. The molecule has 0 bridgehead atoms. The van der Waals surface area contributed by atoms with Crippen LogP contribution in [0.2, 0.25) is 0 Å². The highest BCUT2D eigenvalue weighted by atomic mass is 32.2. The van der Waals surface area contributed by atoms with Gasteiger partial charge >= 0.3 is 0 Å². The normalized spacial score (nSPS) is 12.6. The molecular weight excluding hydrogens is 222 g/mol. The lowest BCUT2D eigenvalue weighted by molar-refractivity contribution is 0.454. The standard InChI is InChI=1S/C11H13N3OS/c1-2-9(12)10-4-3-8(7-14-10)16-11-13-5-6-15-11/h3-7,9H,2,12H2,1H3/t9-/m0/s1. The average Bonchev–Trinajstić information content (AvgIpc) is 2.82. The molecule has 0 saturated carbocycles. The predicted molar refractivity (Wildman–Crippen MR) is 62.1 cm³/mol. The molecule has 16 heavy (non-hydrogen) atoms. The highest BCUT2D eigenvalue weighted by Gasteiger charge is 2.06. The van der Waals surface area contributed by atoms with E-state index in [1.165, 1.54) is 11.8 Å². The second-order valence-electron chi connectivity index (χ2n) is 3.33.